The van der Waals surface area contributed by atoms with Gasteiger partial charge < -0.3 is 28.7 Å². The molecule has 0 spiro atoms. The highest BCUT2D eigenvalue weighted by Gasteiger charge is 2.43. The number of amides is 1. The Kier molecular flexibility index (Phi) is 8.65. The van der Waals surface area contributed by atoms with Crippen LogP contribution in [-0.2, 0) is 23.9 Å². The number of hydrogen-bond acceptors (Lipinski definition) is 10. The van der Waals surface area contributed by atoms with Gasteiger partial charge in [-0.15, -0.1) is 0 Å². The van der Waals surface area contributed by atoms with Crippen LogP contribution >= 0.6 is 11.8 Å². The molecule has 0 radical (unpaired) electrons. The number of rotatable bonds is 8. The van der Waals surface area contributed by atoms with E-state index in [4.69, 9.17) is 18.9 Å². The average Bonchev–Trinajstić information content (AvgIpc) is 3.33. The number of nitrogens with zero attached hydrogens (tertiary/aromatic N) is 3. The highest BCUT2D eigenvalue weighted by molar-refractivity contribution is 8.16. The van der Waals surface area contributed by atoms with E-state index in [0.29, 0.717) is 66.0 Å². The zero-order chi connectivity index (χ0) is 27.4. The van der Waals surface area contributed by atoms with Crippen LogP contribution in [0.25, 0.3) is 0 Å². The summed E-state index contributed by atoms with van der Waals surface area (Å²) >= 11 is 1.40. The van der Waals surface area contributed by atoms with Crippen molar-refractivity contribution in [2.24, 2.45) is 10.9 Å². The summed E-state index contributed by atoms with van der Waals surface area (Å²) in [4.78, 5) is 46.9. The second-order valence-corrected chi connectivity index (χ2v) is 9.91. The standard InChI is InChI=1S/C27H33N3O7S/c1-6-37-25(32)17-9-11-29(12-10-17)22(31)13-18-15-38-27-28-16(2)23(26(33)36-5)24(30(18)27)20-14-19(34-3)7-8-21(20)35-4/h7-8,14-15,17,24H,6,9-13H2,1-5H3. The van der Waals surface area contributed by atoms with E-state index in [0.717, 1.165) is 5.70 Å². The quantitative estimate of drug-likeness (QED) is 0.454. The summed E-state index contributed by atoms with van der Waals surface area (Å²) in [6, 6.07) is 4.76. The van der Waals surface area contributed by atoms with Crippen LogP contribution in [0.5, 0.6) is 11.5 Å². The molecule has 0 aliphatic carbocycles. The first-order valence-electron chi connectivity index (χ1n) is 12.5. The van der Waals surface area contributed by atoms with Gasteiger partial charge in [-0.05, 0) is 50.3 Å². The summed E-state index contributed by atoms with van der Waals surface area (Å²) in [5.74, 6) is 0.226. The molecule has 4 rings (SSSR count). The third kappa shape index (κ3) is 5.38. The van der Waals surface area contributed by atoms with Crippen LogP contribution in [0.4, 0.5) is 0 Å². The van der Waals surface area contributed by atoms with Gasteiger partial charge in [0.05, 0.1) is 57.6 Å². The van der Waals surface area contributed by atoms with Gasteiger partial charge in [-0.2, -0.15) is 0 Å². The molecule has 0 aromatic heterocycles. The molecule has 1 atom stereocenters. The maximum absolute atomic E-state index is 13.4. The van der Waals surface area contributed by atoms with Crippen molar-refractivity contribution < 1.29 is 33.3 Å². The molecule has 1 amide bonds. The highest BCUT2D eigenvalue weighted by atomic mass is 32.2. The summed E-state index contributed by atoms with van der Waals surface area (Å²) in [5, 5.41) is 2.56. The van der Waals surface area contributed by atoms with Crippen LogP contribution in [0, 0.1) is 5.92 Å². The summed E-state index contributed by atoms with van der Waals surface area (Å²) in [5.41, 5.74) is 2.30. The van der Waals surface area contributed by atoms with Gasteiger partial charge >= 0.3 is 11.9 Å². The van der Waals surface area contributed by atoms with Crippen LogP contribution in [0.2, 0.25) is 0 Å². The van der Waals surface area contributed by atoms with E-state index >= 15 is 0 Å². The monoisotopic (exact) mass is 543 g/mol. The molecule has 38 heavy (non-hydrogen) atoms. The Morgan fingerprint density at radius 2 is 1.84 bits per heavy atom. The van der Waals surface area contributed by atoms with E-state index in [2.05, 4.69) is 4.99 Å². The Morgan fingerprint density at radius 1 is 1.11 bits per heavy atom. The Bertz CT molecular complexity index is 1200. The Morgan fingerprint density at radius 3 is 2.47 bits per heavy atom. The summed E-state index contributed by atoms with van der Waals surface area (Å²) in [6.45, 7) is 4.89. The molecule has 0 bridgehead atoms. The van der Waals surface area contributed by atoms with Gasteiger partial charge in [0.1, 0.15) is 11.5 Å². The van der Waals surface area contributed by atoms with Gasteiger partial charge in [-0.1, -0.05) is 11.8 Å². The molecule has 3 aliphatic heterocycles. The first kappa shape index (κ1) is 27.6. The minimum Gasteiger partial charge on any atom is -0.497 e. The molecule has 0 N–H and O–H groups in total. The molecule has 1 saturated heterocycles. The molecule has 1 aromatic rings. The molecule has 1 fully saturated rings. The second-order valence-electron chi connectivity index (χ2n) is 9.08. The van der Waals surface area contributed by atoms with Crippen molar-refractivity contribution in [2.45, 2.75) is 39.2 Å². The second kappa shape index (κ2) is 11.9. The van der Waals surface area contributed by atoms with Crippen LogP contribution < -0.4 is 9.47 Å². The molecular weight excluding hydrogens is 510 g/mol. The van der Waals surface area contributed by atoms with Crippen molar-refractivity contribution in [3.63, 3.8) is 0 Å². The van der Waals surface area contributed by atoms with Crippen molar-refractivity contribution in [2.75, 3.05) is 41.0 Å². The fraction of sp³-hybridized carbons (Fsp3) is 0.481. The fourth-order valence-electron chi connectivity index (χ4n) is 4.98. The molecule has 1 unspecified atom stereocenters. The minimum absolute atomic E-state index is 0.0531. The van der Waals surface area contributed by atoms with Crippen molar-refractivity contribution >= 4 is 34.8 Å². The lowest BCUT2D eigenvalue weighted by Gasteiger charge is -2.37. The smallest absolute Gasteiger partial charge is 0.338 e. The van der Waals surface area contributed by atoms with Crippen LogP contribution in [-0.4, -0.2) is 73.8 Å². The largest absolute Gasteiger partial charge is 0.497 e. The zero-order valence-corrected chi connectivity index (χ0v) is 23.1. The molecule has 3 heterocycles. The van der Waals surface area contributed by atoms with E-state index in [9.17, 15) is 14.4 Å². The number of likely N-dealkylation sites (tertiary alicyclic amines) is 1. The fourth-order valence-corrected chi connectivity index (χ4v) is 5.94. The van der Waals surface area contributed by atoms with E-state index < -0.39 is 12.0 Å². The molecule has 3 aliphatic rings. The van der Waals surface area contributed by atoms with Gasteiger partial charge in [-0.25, -0.2) is 9.79 Å². The first-order chi connectivity index (χ1) is 18.3. The van der Waals surface area contributed by atoms with E-state index in [1.807, 2.05) is 16.4 Å². The highest BCUT2D eigenvalue weighted by Crippen LogP contribution is 2.47. The Labute approximate surface area is 226 Å². The van der Waals surface area contributed by atoms with Gasteiger partial charge in [0.2, 0.25) is 5.91 Å². The lowest BCUT2D eigenvalue weighted by molar-refractivity contribution is -0.151. The van der Waals surface area contributed by atoms with Crippen LogP contribution in [0.1, 0.15) is 44.7 Å². The molecule has 0 saturated carbocycles. The SMILES string of the molecule is CCOC(=O)C1CCN(C(=O)CC2=CSC3=NC(C)=C(C(=O)OC)C(c4cc(OC)ccc4OC)N23)CC1. The number of amidine groups is 1. The summed E-state index contributed by atoms with van der Waals surface area (Å²) in [7, 11) is 4.47. The number of benzene rings is 1. The van der Waals surface area contributed by atoms with Gasteiger partial charge in [-0.3, -0.25) is 9.59 Å². The van der Waals surface area contributed by atoms with Crippen molar-refractivity contribution in [3.05, 3.63) is 46.1 Å². The number of aliphatic imine (C=N–C) groups is 1. The number of esters is 2. The zero-order valence-electron chi connectivity index (χ0n) is 22.3. The number of methoxy groups -OCH3 is 3. The number of thioether (sulfide) groups is 1. The number of fused-ring (bicyclic) bond motifs is 1. The summed E-state index contributed by atoms with van der Waals surface area (Å²) in [6.07, 6.45) is 1.27. The Hall–Kier alpha value is -3.47. The molecule has 1 aromatic carbocycles. The number of piperidine rings is 1. The van der Waals surface area contributed by atoms with Crippen LogP contribution in [0.15, 0.2) is 45.6 Å². The van der Waals surface area contributed by atoms with Gasteiger partial charge in [0.15, 0.2) is 5.17 Å². The average molecular weight is 544 g/mol. The topological polar surface area (TPSA) is 107 Å². The predicted molar refractivity (Wildman–Crippen MR) is 143 cm³/mol. The third-order valence-corrected chi connectivity index (χ3v) is 7.83. The van der Waals surface area contributed by atoms with Crippen molar-refractivity contribution in [3.8, 4) is 11.5 Å². The lowest BCUT2D eigenvalue weighted by Crippen LogP contribution is -2.42. The number of ether oxygens (including phenoxy) is 4. The van der Waals surface area contributed by atoms with Crippen molar-refractivity contribution in [1.29, 1.82) is 0 Å². The molecule has 10 nitrogen and oxygen atoms in total. The lowest BCUT2D eigenvalue weighted by atomic mass is 9.92. The molecule has 11 heteroatoms. The predicted octanol–water partition coefficient (Wildman–Crippen LogP) is 3.64. The first-order valence-corrected chi connectivity index (χ1v) is 13.4. The summed E-state index contributed by atoms with van der Waals surface area (Å²) < 4.78 is 21.4. The number of carbonyl (C=O) groups is 3. The maximum atomic E-state index is 13.4. The van der Waals surface area contributed by atoms with Gasteiger partial charge in [0.25, 0.3) is 0 Å². The van der Waals surface area contributed by atoms with Gasteiger partial charge in [0, 0.05) is 24.4 Å². The maximum Gasteiger partial charge on any atom is 0.338 e. The van der Waals surface area contributed by atoms with Crippen molar-refractivity contribution in [1.82, 2.24) is 9.80 Å². The Balaban J connectivity index is 1.62. The minimum atomic E-state index is -0.636. The third-order valence-electron chi connectivity index (χ3n) is 6.94. The number of hydrogen-bond donors (Lipinski definition) is 0. The van der Waals surface area contributed by atoms with E-state index in [1.165, 1.54) is 18.9 Å². The number of carbonyl (C=O) groups excluding carboxylic acids is 3. The normalized spacial score (nSPS) is 19.4. The number of allylic oxidation sites excluding steroid dienone is 1. The van der Waals surface area contributed by atoms with E-state index in [1.54, 1.807) is 45.1 Å². The molecule has 204 valence electrons. The molecular formula is C27H33N3O7S. The van der Waals surface area contributed by atoms with Crippen LogP contribution in [0.3, 0.4) is 0 Å². The van der Waals surface area contributed by atoms with E-state index in [-0.39, 0.29) is 24.2 Å².